The van der Waals surface area contributed by atoms with Crippen molar-refractivity contribution in [3.05, 3.63) is 41.0 Å². The molecule has 2 amide bonds. The van der Waals surface area contributed by atoms with Gasteiger partial charge in [-0.1, -0.05) is 12.1 Å². The fourth-order valence-electron chi connectivity index (χ4n) is 3.47. The summed E-state index contributed by atoms with van der Waals surface area (Å²) >= 11 is 0. The number of benzene rings is 1. The molecule has 1 atom stereocenters. The number of nitrogens with one attached hydrogen (secondary N) is 1. The van der Waals surface area contributed by atoms with Crippen LogP contribution in [0.25, 0.3) is 0 Å². The predicted octanol–water partition coefficient (Wildman–Crippen LogP) is 1.31. The van der Waals surface area contributed by atoms with Crippen molar-refractivity contribution in [3.8, 4) is 5.75 Å². The number of ether oxygens (including phenoxy) is 1. The molecule has 0 radical (unpaired) electrons. The minimum Gasteiger partial charge on any atom is -0.497 e. The van der Waals surface area contributed by atoms with Gasteiger partial charge in [0.05, 0.1) is 13.7 Å². The molecule has 0 bridgehead atoms. The third kappa shape index (κ3) is 3.28. The molecule has 0 saturated carbocycles. The molecular weight excluding hydrogens is 306 g/mol. The Bertz CT molecular complexity index is 667. The van der Waals surface area contributed by atoms with Crippen LogP contribution in [0.15, 0.2) is 35.4 Å². The zero-order valence-corrected chi connectivity index (χ0v) is 13.9. The molecule has 1 aromatic carbocycles. The summed E-state index contributed by atoms with van der Waals surface area (Å²) in [6.45, 7) is 0.556. The lowest BCUT2D eigenvalue weighted by Crippen LogP contribution is -2.47. The maximum absolute atomic E-state index is 12.8. The molecule has 3 rings (SSSR count). The van der Waals surface area contributed by atoms with Crippen molar-refractivity contribution in [1.82, 2.24) is 10.2 Å². The fourth-order valence-corrected chi connectivity index (χ4v) is 3.47. The highest BCUT2D eigenvalue weighted by Gasteiger charge is 2.39. The molecule has 0 aromatic heterocycles. The molecule has 0 unspecified atom stereocenters. The van der Waals surface area contributed by atoms with Crippen LogP contribution in [0, 0.1) is 0 Å². The van der Waals surface area contributed by atoms with Crippen LogP contribution in [-0.4, -0.2) is 36.5 Å². The van der Waals surface area contributed by atoms with Gasteiger partial charge < -0.3 is 15.4 Å². The van der Waals surface area contributed by atoms with Crippen LogP contribution in [0.4, 0.5) is 0 Å². The van der Waals surface area contributed by atoms with Crippen LogP contribution in [-0.2, 0) is 16.1 Å². The van der Waals surface area contributed by atoms with E-state index in [1.165, 1.54) is 0 Å². The van der Waals surface area contributed by atoms with Gasteiger partial charge in [0.25, 0.3) is 5.91 Å². The van der Waals surface area contributed by atoms with Gasteiger partial charge in [0.1, 0.15) is 11.9 Å². The van der Waals surface area contributed by atoms with E-state index in [0.29, 0.717) is 6.54 Å². The first-order valence-corrected chi connectivity index (χ1v) is 8.27. The minimum absolute atomic E-state index is 0.0633. The molecule has 2 aliphatic rings. The third-order valence-corrected chi connectivity index (χ3v) is 4.65. The Balaban J connectivity index is 1.80. The van der Waals surface area contributed by atoms with E-state index in [4.69, 9.17) is 10.5 Å². The standard InChI is InChI=1S/C18H23N3O3/c1-24-13-8-6-12(7-9-13)11-21-17(20-10-16(19)22)14-4-2-3-5-15(14)18(21)23/h6-9,17,20H,2-5,10-11H2,1H3,(H2,19,22)/t17-/m0/s1. The van der Waals surface area contributed by atoms with Crippen LogP contribution in [0.5, 0.6) is 5.75 Å². The Labute approximate surface area is 141 Å². The first kappa shape index (κ1) is 16.5. The molecule has 0 spiro atoms. The lowest BCUT2D eigenvalue weighted by molar-refractivity contribution is -0.128. The van der Waals surface area contributed by atoms with Crippen LogP contribution in [0.3, 0.4) is 0 Å². The Kier molecular flexibility index (Phi) is 4.85. The summed E-state index contributed by atoms with van der Waals surface area (Å²) in [4.78, 5) is 25.8. The van der Waals surface area contributed by atoms with E-state index in [2.05, 4.69) is 5.32 Å². The summed E-state index contributed by atoms with van der Waals surface area (Å²) in [5, 5.41) is 3.15. The number of nitrogens with zero attached hydrogens (tertiary/aromatic N) is 1. The van der Waals surface area contributed by atoms with E-state index in [9.17, 15) is 9.59 Å². The van der Waals surface area contributed by atoms with Gasteiger partial charge in [-0.25, -0.2) is 0 Å². The molecule has 0 fully saturated rings. The summed E-state index contributed by atoms with van der Waals surface area (Å²) in [5.74, 6) is 0.437. The number of hydrogen-bond donors (Lipinski definition) is 2. The van der Waals surface area contributed by atoms with Crippen LogP contribution >= 0.6 is 0 Å². The van der Waals surface area contributed by atoms with Crippen molar-refractivity contribution in [3.63, 3.8) is 0 Å². The van der Waals surface area contributed by atoms with Crippen molar-refractivity contribution >= 4 is 11.8 Å². The summed E-state index contributed by atoms with van der Waals surface area (Å²) in [6, 6.07) is 7.67. The smallest absolute Gasteiger partial charge is 0.251 e. The quantitative estimate of drug-likeness (QED) is 0.824. The van der Waals surface area contributed by atoms with E-state index in [1.54, 1.807) is 12.0 Å². The average molecular weight is 329 g/mol. The van der Waals surface area contributed by atoms with E-state index >= 15 is 0 Å². The van der Waals surface area contributed by atoms with Gasteiger partial charge in [-0.05, 0) is 49.0 Å². The molecule has 24 heavy (non-hydrogen) atoms. The highest BCUT2D eigenvalue weighted by Crippen LogP contribution is 2.36. The topological polar surface area (TPSA) is 84.7 Å². The average Bonchev–Trinajstić information content (AvgIpc) is 2.86. The summed E-state index contributed by atoms with van der Waals surface area (Å²) in [5.41, 5.74) is 8.33. The van der Waals surface area contributed by atoms with Gasteiger partial charge in [-0.15, -0.1) is 0 Å². The second-order valence-electron chi connectivity index (χ2n) is 6.24. The minimum atomic E-state index is -0.420. The maximum Gasteiger partial charge on any atom is 0.251 e. The van der Waals surface area contributed by atoms with E-state index in [1.807, 2.05) is 24.3 Å². The largest absolute Gasteiger partial charge is 0.497 e. The molecule has 6 nitrogen and oxygen atoms in total. The number of carbonyl (C=O) groups excluding carboxylic acids is 2. The first-order chi connectivity index (χ1) is 11.6. The fraction of sp³-hybridized carbons (Fsp3) is 0.444. The molecule has 1 aliphatic heterocycles. The van der Waals surface area contributed by atoms with Gasteiger partial charge >= 0.3 is 0 Å². The Hall–Kier alpha value is -2.34. The number of hydrogen-bond acceptors (Lipinski definition) is 4. The normalized spacial score (nSPS) is 20.3. The Morgan fingerprint density at radius 3 is 2.67 bits per heavy atom. The lowest BCUT2D eigenvalue weighted by atomic mass is 9.92. The van der Waals surface area contributed by atoms with Crippen molar-refractivity contribution in [2.75, 3.05) is 13.7 Å². The maximum atomic E-state index is 12.8. The zero-order chi connectivity index (χ0) is 17.1. The number of rotatable bonds is 6. The highest BCUT2D eigenvalue weighted by molar-refractivity contribution is 5.98. The highest BCUT2D eigenvalue weighted by atomic mass is 16.5. The summed E-state index contributed by atoms with van der Waals surface area (Å²) in [6.07, 6.45) is 3.61. The molecule has 3 N–H and O–H groups in total. The predicted molar refractivity (Wildman–Crippen MR) is 90.0 cm³/mol. The monoisotopic (exact) mass is 329 g/mol. The number of carbonyl (C=O) groups is 2. The Morgan fingerprint density at radius 1 is 1.29 bits per heavy atom. The van der Waals surface area contributed by atoms with E-state index in [-0.39, 0.29) is 18.6 Å². The third-order valence-electron chi connectivity index (χ3n) is 4.65. The van der Waals surface area contributed by atoms with Gasteiger partial charge in [0.2, 0.25) is 5.91 Å². The Morgan fingerprint density at radius 2 is 2.00 bits per heavy atom. The zero-order valence-electron chi connectivity index (χ0n) is 13.9. The van der Waals surface area contributed by atoms with E-state index in [0.717, 1.165) is 48.1 Å². The summed E-state index contributed by atoms with van der Waals surface area (Å²) < 4.78 is 5.17. The molecule has 0 saturated heterocycles. The van der Waals surface area contributed by atoms with Crippen LogP contribution in [0.1, 0.15) is 31.2 Å². The number of primary amides is 1. The second-order valence-corrected chi connectivity index (χ2v) is 6.24. The molecule has 128 valence electrons. The second kappa shape index (κ2) is 7.05. The number of methoxy groups -OCH3 is 1. The van der Waals surface area contributed by atoms with Gasteiger partial charge in [-0.3, -0.25) is 14.9 Å². The van der Waals surface area contributed by atoms with Gasteiger partial charge in [0.15, 0.2) is 0 Å². The molecule has 1 heterocycles. The number of nitrogens with two attached hydrogens (primary N) is 1. The molecule has 1 aromatic rings. The lowest BCUT2D eigenvalue weighted by Gasteiger charge is -2.28. The van der Waals surface area contributed by atoms with Gasteiger partial charge in [0, 0.05) is 12.1 Å². The van der Waals surface area contributed by atoms with Crippen molar-refractivity contribution in [2.24, 2.45) is 5.73 Å². The van der Waals surface area contributed by atoms with Crippen molar-refractivity contribution < 1.29 is 14.3 Å². The molecule has 1 aliphatic carbocycles. The first-order valence-electron chi connectivity index (χ1n) is 8.27. The summed E-state index contributed by atoms with van der Waals surface area (Å²) in [7, 11) is 1.63. The van der Waals surface area contributed by atoms with Crippen molar-refractivity contribution in [2.45, 2.75) is 38.4 Å². The number of amides is 2. The van der Waals surface area contributed by atoms with Crippen molar-refractivity contribution in [1.29, 1.82) is 0 Å². The SMILES string of the molecule is COc1ccc(CN2C(=O)C3=C(CCCC3)[C@H]2NCC(N)=O)cc1. The van der Waals surface area contributed by atoms with Gasteiger partial charge in [-0.2, -0.15) is 0 Å². The molecular formula is C18H23N3O3. The van der Waals surface area contributed by atoms with E-state index < -0.39 is 5.91 Å². The van der Waals surface area contributed by atoms with Crippen LogP contribution < -0.4 is 15.8 Å². The molecule has 6 heteroatoms. The van der Waals surface area contributed by atoms with Crippen LogP contribution in [0.2, 0.25) is 0 Å².